The average Bonchev–Trinajstić information content (AvgIpc) is 3.21. The minimum atomic E-state index is -0.625. The van der Waals surface area contributed by atoms with Gasteiger partial charge in [0.05, 0.1) is 36.9 Å². The van der Waals surface area contributed by atoms with Crippen molar-refractivity contribution in [2.45, 2.75) is 13.5 Å². The van der Waals surface area contributed by atoms with E-state index in [4.69, 9.17) is 9.47 Å². The Bertz CT molecular complexity index is 936. The number of nitrogens with one attached hydrogen (secondary N) is 1. The van der Waals surface area contributed by atoms with E-state index in [0.717, 1.165) is 4.96 Å². The van der Waals surface area contributed by atoms with Crippen LogP contribution in [0.5, 0.6) is 11.5 Å². The minimum absolute atomic E-state index is 0.0970. The molecule has 1 amide bonds. The van der Waals surface area contributed by atoms with E-state index in [-0.39, 0.29) is 29.3 Å². The molecule has 0 bridgehead atoms. The molecule has 26 heavy (non-hydrogen) atoms. The molecule has 0 atom stereocenters. The van der Waals surface area contributed by atoms with E-state index in [1.807, 2.05) is 16.0 Å². The van der Waals surface area contributed by atoms with Gasteiger partial charge in [-0.25, -0.2) is 4.98 Å². The molecule has 1 N–H and O–H groups in total. The van der Waals surface area contributed by atoms with E-state index in [9.17, 15) is 14.9 Å². The maximum Gasteiger partial charge on any atom is 0.286 e. The van der Waals surface area contributed by atoms with Crippen molar-refractivity contribution in [3.8, 4) is 11.5 Å². The number of rotatable bonds is 7. The molecule has 0 saturated heterocycles. The summed E-state index contributed by atoms with van der Waals surface area (Å²) in [6.07, 6.45) is 3.65. The van der Waals surface area contributed by atoms with Crippen LogP contribution in [0.2, 0.25) is 0 Å². The topological polar surface area (TPSA) is 108 Å². The van der Waals surface area contributed by atoms with Crippen LogP contribution in [0.25, 0.3) is 4.96 Å². The van der Waals surface area contributed by atoms with Crippen LogP contribution in [0.1, 0.15) is 23.0 Å². The molecule has 0 aliphatic rings. The Labute approximate surface area is 152 Å². The zero-order valence-corrected chi connectivity index (χ0v) is 14.9. The summed E-state index contributed by atoms with van der Waals surface area (Å²) < 4.78 is 12.4. The van der Waals surface area contributed by atoms with Crippen LogP contribution in [-0.2, 0) is 6.54 Å². The van der Waals surface area contributed by atoms with Gasteiger partial charge in [0.15, 0.2) is 16.5 Å². The zero-order valence-electron chi connectivity index (χ0n) is 14.1. The molecule has 0 radical (unpaired) electrons. The van der Waals surface area contributed by atoms with E-state index < -0.39 is 10.8 Å². The quantitative estimate of drug-likeness (QED) is 0.502. The van der Waals surface area contributed by atoms with Crippen LogP contribution in [0.3, 0.4) is 0 Å². The first-order valence-electron chi connectivity index (χ1n) is 7.72. The van der Waals surface area contributed by atoms with Crippen molar-refractivity contribution in [1.82, 2.24) is 14.7 Å². The molecule has 0 fully saturated rings. The number of hydrogen-bond donors (Lipinski definition) is 1. The van der Waals surface area contributed by atoms with Crippen molar-refractivity contribution in [3.05, 3.63) is 51.3 Å². The Morgan fingerprint density at radius 2 is 2.23 bits per heavy atom. The molecular formula is C16H16N4O5S. The van der Waals surface area contributed by atoms with Gasteiger partial charge in [0.2, 0.25) is 0 Å². The molecule has 10 heteroatoms. The van der Waals surface area contributed by atoms with Gasteiger partial charge in [-0.2, -0.15) is 0 Å². The zero-order chi connectivity index (χ0) is 18.7. The number of fused-ring (bicyclic) bond motifs is 1. The van der Waals surface area contributed by atoms with Gasteiger partial charge in [0, 0.05) is 23.8 Å². The Kier molecular flexibility index (Phi) is 5.03. The lowest BCUT2D eigenvalue weighted by Gasteiger charge is -2.11. The number of nitro benzene ring substituents is 1. The predicted octanol–water partition coefficient (Wildman–Crippen LogP) is 2.64. The normalized spacial score (nSPS) is 10.7. The Balaban J connectivity index is 1.85. The first-order chi connectivity index (χ1) is 12.5. The second kappa shape index (κ2) is 7.40. The van der Waals surface area contributed by atoms with Crippen LogP contribution in [0, 0.1) is 10.1 Å². The van der Waals surface area contributed by atoms with E-state index in [1.54, 1.807) is 13.1 Å². The van der Waals surface area contributed by atoms with Gasteiger partial charge in [-0.1, -0.05) is 0 Å². The van der Waals surface area contributed by atoms with Gasteiger partial charge in [-0.3, -0.25) is 19.3 Å². The number of ether oxygens (including phenoxy) is 2. The van der Waals surface area contributed by atoms with Crippen molar-refractivity contribution in [3.63, 3.8) is 0 Å². The third-order valence-corrected chi connectivity index (χ3v) is 4.37. The molecule has 2 heterocycles. The highest BCUT2D eigenvalue weighted by Crippen LogP contribution is 2.34. The predicted molar refractivity (Wildman–Crippen MR) is 95.1 cm³/mol. The van der Waals surface area contributed by atoms with Crippen molar-refractivity contribution in [1.29, 1.82) is 0 Å². The molecule has 0 saturated carbocycles. The third-order valence-electron chi connectivity index (χ3n) is 3.60. The first-order valence-corrected chi connectivity index (χ1v) is 8.60. The van der Waals surface area contributed by atoms with Gasteiger partial charge in [0.1, 0.15) is 5.56 Å². The molecule has 136 valence electrons. The van der Waals surface area contributed by atoms with E-state index >= 15 is 0 Å². The van der Waals surface area contributed by atoms with Crippen LogP contribution in [-0.4, -0.2) is 33.9 Å². The van der Waals surface area contributed by atoms with Crippen LogP contribution in [0.15, 0.2) is 29.9 Å². The highest BCUT2D eigenvalue weighted by atomic mass is 32.1. The largest absolute Gasteiger partial charge is 0.493 e. The fourth-order valence-corrected chi connectivity index (χ4v) is 3.16. The number of thiazole rings is 1. The number of imidazole rings is 1. The van der Waals surface area contributed by atoms with E-state index in [2.05, 4.69) is 10.3 Å². The van der Waals surface area contributed by atoms with Gasteiger partial charge in [-0.15, -0.1) is 11.3 Å². The molecule has 0 unspecified atom stereocenters. The number of methoxy groups -OCH3 is 1. The molecule has 0 spiro atoms. The number of nitro groups is 1. The van der Waals surface area contributed by atoms with Crippen LogP contribution < -0.4 is 14.8 Å². The number of carbonyl (C=O) groups excluding carboxylic acids is 1. The Morgan fingerprint density at radius 3 is 2.88 bits per heavy atom. The molecule has 2 aromatic heterocycles. The Hall–Kier alpha value is -3.14. The summed E-state index contributed by atoms with van der Waals surface area (Å²) in [6.45, 7) is 2.26. The minimum Gasteiger partial charge on any atom is -0.493 e. The van der Waals surface area contributed by atoms with Crippen molar-refractivity contribution >= 4 is 27.9 Å². The SMILES string of the molecule is CCOc1cc(C(=O)NCc2cn3ccsc3n2)c([N+](=O)[O-])cc1OC. The van der Waals surface area contributed by atoms with Crippen LogP contribution in [0.4, 0.5) is 5.69 Å². The second-order valence-corrected chi connectivity index (χ2v) is 6.09. The Morgan fingerprint density at radius 1 is 1.42 bits per heavy atom. The van der Waals surface area contributed by atoms with Gasteiger partial charge >= 0.3 is 0 Å². The summed E-state index contributed by atoms with van der Waals surface area (Å²) in [5.41, 5.74) is 0.209. The maximum atomic E-state index is 12.5. The summed E-state index contributed by atoms with van der Waals surface area (Å²) in [5, 5.41) is 15.9. The lowest BCUT2D eigenvalue weighted by Crippen LogP contribution is -2.24. The number of carbonyl (C=O) groups is 1. The summed E-state index contributed by atoms with van der Waals surface area (Å²) in [5.74, 6) is -0.116. The van der Waals surface area contributed by atoms with Gasteiger partial charge in [-0.05, 0) is 6.92 Å². The van der Waals surface area contributed by atoms with E-state index in [1.165, 1.54) is 30.6 Å². The monoisotopic (exact) mass is 376 g/mol. The molecule has 3 aromatic rings. The molecule has 9 nitrogen and oxygen atoms in total. The first kappa shape index (κ1) is 17.7. The summed E-state index contributed by atoms with van der Waals surface area (Å²) in [7, 11) is 1.38. The molecule has 3 rings (SSSR count). The van der Waals surface area contributed by atoms with Crippen molar-refractivity contribution < 1.29 is 19.2 Å². The number of aromatic nitrogens is 2. The summed E-state index contributed by atoms with van der Waals surface area (Å²) in [4.78, 5) is 28.4. The van der Waals surface area contributed by atoms with Crippen molar-refractivity contribution in [2.75, 3.05) is 13.7 Å². The number of benzene rings is 1. The van der Waals surface area contributed by atoms with E-state index in [0.29, 0.717) is 12.3 Å². The maximum absolute atomic E-state index is 12.5. The smallest absolute Gasteiger partial charge is 0.286 e. The summed E-state index contributed by atoms with van der Waals surface area (Å²) in [6, 6.07) is 2.51. The number of amides is 1. The molecule has 0 aliphatic heterocycles. The lowest BCUT2D eigenvalue weighted by atomic mass is 10.1. The van der Waals surface area contributed by atoms with Crippen LogP contribution >= 0.6 is 11.3 Å². The number of hydrogen-bond acceptors (Lipinski definition) is 7. The summed E-state index contributed by atoms with van der Waals surface area (Å²) >= 11 is 1.48. The fraction of sp³-hybridized carbons (Fsp3) is 0.250. The highest BCUT2D eigenvalue weighted by Gasteiger charge is 2.24. The standard InChI is InChI=1S/C16H16N4O5S/c1-3-25-14-6-11(12(20(22)23)7-13(14)24-2)15(21)17-8-10-9-19-4-5-26-16(19)18-10/h4-7,9H,3,8H2,1-2H3,(H,17,21). The average molecular weight is 376 g/mol. The number of nitrogens with zero attached hydrogens (tertiary/aromatic N) is 3. The van der Waals surface area contributed by atoms with Gasteiger partial charge < -0.3 is 14.8 Å². The lowest BCUT2D eigenvalue weighted by molar-refractivity contribution is -0.385. The molecular weight excluding hydrogens is 360 g/mol. The second-order valence-electron chi connectivity index (χ2n) is 5.22. The molecule has 0 aliphatic carbocycles. The third kappa shape index (κ3) is 3.45. The highest BCUT2D eigenvalue weighted by molar-refractivity contribution is 7.15. The molecule has 1 aromatic carbocycles. The van der Waals surface area contributed by atoms with Gasteiger partial charge in [0.25, 0.3) is 11.6 Å². The fourth-order valence-electron chi connectivity index (χ4n) is 2.44. The van der Waals surface area contributed by atoms with Crippen molar-refractivity contribution in [2.24, 2.45) is 0 Å².